The van der Waals surface area contributed by atoms with Crippen molar-refractivity contribution in [2.24, 2.45) is 4.99 Å². The summed E-state index contributed by atoms with van der Waals surface area (Å²) in [6, 6.07) is 4.45. The minimum Gasteiger partial charge on any atom is -0.330 e. The molecule has 0 radical (unpaired) electrons. The minimum atomic E-state index is -0.403. The van der Waals surface area contributed by atoms with Gasteiger partial charge in [0.2, 0.25) is 5.96 Å². The molecule has 7 heteroatoms. The Hall–Kier alpha value is -1.72. The van der Waals surface area contributed by atoms with E-state index in [1.807, 2.05) is 13.0 Å². The Morgan fingerprint density at radius 3 is 2.79 bits per heavy atom. The van der Waals surface area contributed by atoms with Gasteiger partial charge in [-0.1, -0.05) is 23.2 Å². The van der Waals surface area contributed by atoms with Crippen molar-refractivity contribution in [3.8, 4) is 0 Å². The van der Waals surface area contributed by atoms with Gasteiger partial charge in [0.05, 0.1) is 16.6 Å². The number of nitrogens with zero attached hydrogens (tertiary/aromatic N) is 1. The smallest absolute Gasteiger partial charge is 0.326 e. The number of guanidine groups is 1. The number of urea groups is 1. The van der Waals surface area contributed by atoms with E-state index in [-0.39, 0.29) is 0 Å². The number of benzene rings is 1. The van der Waals surface area contributed by atoms with E-state index >= 15 is 0 Å². The molecule has 1 aromatic carbocycles. The molecule has 0 unspecified atom stereocenters. The number of aliphatic imine (C=N–C) groups is 1. The first kappa shape index (κ1) is 13.7. The van der Waals surface area contributed by atoms with Crippen molar-refractivity contribution in [3.63, 3.8) is 0 Å². The summed E-state index contributed by atoms with van der Waals surface area (Å²) < 4.78 is 0. The zero-order chi connectivity index (χ0) is 13.8. The molecule has 0 bridgehead atoms. The monoisotopic (exact) mass is 298 g/mol. The molecule has 0 saturated heterocycles. The van der Waals surface area contributed by atoms with Crippen LogP contribution in [0.15, 0.2) is 35.0 Å². The summed E-state index contributed by atoms with van der Waals surface area (Å²) in [6.07, 6.45) is 1.92. The molecule has 5 nitrogen and oxygen atoms in total. The highest BCUT2D eigenvalue weighted by atomic mass is 35.5. The van der Waals surface area contributed by atoms with E-state index in [4.69, 9.17) is 23.2 Å². The lowest BCUT2D eigenvalue weighted by Gasteiger charge is -2.15. The fourth-order valence-corrected chi connectivity index (χ4v) is 1.76. The largest absolute Gasteiger partial charge is 0.330 e. The Morgan fingerprint density at radius 1 is 1.32 bits per heavy atom. The van der Waals surface area contributed by atoms with Crippen molar-refractivity contribution in [1.29, 1.82) is 0 Å². The minimum absolute atomic E-state index is 0.381. The molecule has 2 amide bonds. The summed E-state index contributed by atoms with van der Waals surface area (Å²) >= 11 is 11.7. The van der Waals surface area contributed by atoms with E-state index in [1.165, 1.54) is 0 Å². The first-order valence-corrected chi connectivity index (χ1v) is 6.31. The highest BCUT2D eigenvalue weighted by Crippen LogP contribution is 2.24. The second-order valence-corrected chi connectivity index (χ2v) is 4.72. The molecular formula is C12H12Cl2N4O. The van der Waals surface area contributed by atoms with Crippen molar-refractivity contribution >= 4 is 40.9 Å². The van der Waals surface area contributed by atoms with Crippen LogP contribution in [0.5, 0.6) is 0 Å². The lowest BCUT2D eigenvalue weighted by atomic mass is 10.3. The fourth-order valence-electron chi connectivity index (χ4n) is 1.47. The number of allylic oxidation sites excluding steroid dienone is 1. The van der Waals surface area contributed by atoms with E-state index in [9.17, 15) is 4.79 Å². The number of amides is 2. The SMILES string of the molecule is CC1=CCN=C(NC(=O)Nc2ccc(Cl)c(Cl)c2)N1. The molecular weight excluding hydrogens is 287 g/mol. The van der Waals surface area contributed by atoms with Gasteiger partial charge in [-0.25, -0.2) is 9.79 Å². The van der Waals surface area contributed by atoms with E-state index in [1.54, 1.807) is 18.2 Å². The molecule has 0 spiro atoms. The highest BCUT2D eigenvalue weighted by Gasteiger charge is 2.09. The molecule has 1 heterocycles. The quantitative estimate of drug-likeness (QED) is 0.746. The van der Waals surface area contributed by atoms with Crippen LogP contribution in [0.1, 0.15) is 6.92 Å². The van der Waals surface area contributed by atoms with Crippen molar-refractivity contribution in [3.05, 3.63) is 40.0 Å². The summed E-state index contributed by atoms with van der Waals surface area (Å²) in [7, 11) is 0. The first-order valence-electron chi connectivity index (χ1n) is 5.56. The first-order chi connectivity index (χ1) is 9.04. The number of rotatable bonds is 1. The Balaban J connectivity index is 1.94. The highest BCUT2D eigenvalue weighted by molar-refractivity contribution is 6.42. The van der Waals surface area contributed by atoms with E-state index in [0.717, 1.165) is 5.70 Å². The fraction of sp³-hybridized carbons (Fsp3) is 0.167. The van der Waals surface area contributed by atoms with Crippen molar-refractivity contribution in [2.45, 2.75) is 6.92 Å². The second kappa shape index (κ2) is 5.95. The standard InChI is InChI=1S/C12H12Cl2N4O/c1-7-4-5-15-11(16-7)18-12(19)17-8-2-3-9(13)10(14)6-8/h2-4,6H,5H2,1H3,(H3,15,16,17,18,19). The molecule has 1 aliphatic rings. The number of carbonyl (C=O) groups excluding carboxylic acids is 1. The summed E-state index contributed by atoms with van der Waals surface area (Å²) in [4.78, 5) is 15.8. The molecule has 19 heavy (non-hydrogen) atoms. The number of anilines is 1. The van der Waals surface area contributed by atoms with Gasteiger partial charge in [-0.3, -0.25) is 5.32 Å². The number of hydrogen-bond acceptors (Lipinski definition) is 3. The third-order valence-corrected chi connectivity index (χ3v) is 3.11. The van der Waals surface area contributed by atoms with Crippen molar-refractivity contribution < 1.29 is 4.79 Å². The molecule has 0 atom stereocenters. The number of halogens is 2. The van der Waals surface area contributed by atoms with Crippen LogP contribution in [0, 0.1) is 0 Å². The van der Waals surface area contributed by atoms with Gasteiger partial charge in [0, 0.05) is 11.4 Å². The van der Waals surface area contributed by atoms with Crippen LogP contribution >= 0.6 is 23.2 Å². The normalized spacial score (nSPS) is 14.1. The summed E-state index contributed by atoms with van der Waals surface area (Å²) in [5, 5.41) is 9.01. The van der Waals surface area contributed by atoms with Gasteiger partial charge in [-0.2, -0.15) is 0 Å². The van der Waals surface area contributed by atoms with Crippen LogP contribution in [0.3, 0.4) is 0 Å². The third-order valence-electron chi connectivity index (χ3n) is 2.37. The lowest BCUT2D eigenvalue weighted by Crippen LogP contribution is -2.43. The molecule has 100 valence electrons. The van der Waals surface area contributed by atoms with Gasteiger partial charge in [-0.15, -0.1) is 0 Å². The van der Waals surface area contributed by atoms with E-state index in [2.05, 4.69) is 20.9 Å². The predicted octanol–water partition coefficient (Wildman–Crippen LogP) is 2.98. The van der Waals surface area contributed by atoms with E-state index in [0.29, 0.717) is 28.2 Å². The molecule has 2 rings (SSSR count). The molecule has 0 aromatic heterocycles. The average Bonchev–Trinajstić information content (AvgIpc) is 2.34. The second-order valence-electron chi connectivity index (χ2n) is 3.91. The number of carbonyl (C=O) groups is 1. The molecule has 1 aliphatic heterocycles. The van der Waals surface area contributed by atoms with E-state index < -0.39 is 6.03 Å². The predicted molar refractivity (Wildman–Crippen MR) is 77.8 cm³/mol. The average molecular weight is 299 g/mol. The number of nitrogens with one attached hydrogen (secondary N) is 3. The Kier molecular flexibility index (Phi) is 4.29. The summed E-state index contributed by atoms with van der Waals surface area (Å²) in [6.45, 7) is 2.44. The summed E-state index contributed by atoms with van der Waals surface area (Å²) in [5.74, 6) is 0.414. The van der Waals surface area contributed by atoms with Crippen LogP contribution in [-0.4, -0.2) is 18.5 Å². The van der Waals surface area contributed by atoms with Gasteiger partial charge in [0.25, 0.3) is 0 Å². The van der Waals surface area contributed by atoms with Gasteiger partial charge in [-0.05, 0) is 31.2 Å². The van der Waals surface area contributed by atoms with Crippen LogP contribution in [0.4, 0.5) is 10.5 Å². The zero-order valence-electron chi connectivity index (χ0n) is 10.1. The molecule has 0 fully saturated rings. The van der Waals surface area contributed by atoms with Crippen LogP contribution < -0.4 is 16.0 Å². The Morgan fingerprint density at radius 2 is 2.11 bits per heavy atom. The van der Waals surface area contributed by atoms with Gasteiger partial charge >= 0.3 is 6.03 Å². The van der Waals surface area contributed by atoms with Crippen LogP contribution in [0.25, 0.3) is 0 Å². The topological polar surface area (TPSA) is 65.5 Å². The molecule has 0 aliphatic carbocycles. The maximum atomic E-state index is 11.7. The Bertz CT molecular complexity index is 569. The number of hydrogen-bond donors (Lipinski definition) is 3. The van der Waals surface area contributed by atoms with Gasteiger partial charge < -0.3 is 10.6 Å². The maximum Gasteiger partial charge on any atom is 0.326 e. The molecule has 0 saturated carbocycles. The van der Waals surface area contributed by atoms with Crippen molar-refractivity contribution in [1.82, 2.24) is 10.6 Å². The van der Waals surface area contributed by atoms with Crippen LogP contribution in [-0.2, 0) is 0 Å². The summed E-state index contributed by atoms with van der Waals surface area (Å²) in [5.41, 5.74) is 1.50. The maximum absolute atomic E-state index is 11.7. The Labute approximate surface area is 120 Å². The van der Waals surface area contributed by atoms with Gasteiger partial charge in [0.15, 0.2) is 0 Å². The van der Waals surface area contributed by atoms with Crippen molar-refractivity contribution in [2.75, 3.05) is 11.9 Å². The molecule has 3 N–H and O–H groups in total. The molecule has 1 aromatic rings. The lowest BCUT2D eigenvalue weighted by molar-refractivity contribution is 0.256. The third kappa shape index (κ3) is 3.87. The van der Waals surface area contributed by atoms with Gasteiger partial charge in [0.1, 0.15) is 0 Å². The zero-order valence-corrected chi connectivity index (χ0v) is 11.6. The van der Waals surface area contributed by atoms with Crippen LogP contribution in [0.2, 0.25) is 10.0 Å².